The van der Waals surface area contributed by atoms with Crippen LogP contribution < -0.4 is 10.6 Å². The molecule has 5 rings (SSSR count). The molecule has 0 aromatic carbocycles. The molecule has 1 fully saturated rings. The van der Waals surface area contributed by atoms with Crippen LogP contribution in [0.25, 0.3) is 22.3 Å². The number of ether oxygens (including phenoxy) is 1. The second-order valence-corrected chi connectivity index (χ2v) is 9.69. The number of aryl methyl sites for hydroxylation is 1. The number of aliphatic hydroxyl groups excluding tert-OH is 2. The minimum Gasteiger partial charge on any atom is -0.454 e. The van der Waals surface area contributed by atoms with Gasteiger partial charge >= 0.3 is 0 Å². The molecule has 1 saturated carbocycles. The van der Waals surface area contributed by atoms with Crippen molar-refractivity contribution in [1.29, 1.82) is 0 Å². The van der Waals surface area contributed by atoms with E-state index < -0.39 is 6.10 Å². The molecule has 0 aliphatic heterocycles. The number of methoxy groups -OCH3 is 1. The summed E-state index contributed by atoms with van der Waals surface area (Å²) in [6.07, 6.45) is 4.08. The highest BCUT2D eigenvalue weighted by Crippen LogP contribution is 2.37. The van der Waals surface area contributed by atoms with Gasteiger partial charge in [0.25, 0.3) is 0 Å². The van der Waals surface area contributed by atoms with Gasteiger partial charge in [0.1, 0.15) is 16.6 Å². The van der Waals surface area contributed by atoms with E-state index in [1.807, 2.05) is 24.4 Å². The van der Waals surface area contributed by atoms with Crippen LogP contribution in [0.5, 0.6) is 0 Å². The number of aromatic nitrogens is 4. The maximum absolute atomic E-state index is 10.3. The Morgan fingerprint density at radius 2 is 2.11 bits per heavy atom. The van der Waals surface area contributed by atoms with Gasteiger partial charge in [-0.3, -0.25) is 4.98 Å². The number of thiazole rings is 1. The van der Waals surface area contributed by atoms with E-state index in [2.05, 4.69) is 25.6 Å². The molecular weight excluding hydrogens is 468 g/mol. The van der Waals surface area contributed by atoms with Gasteiger partial charge in [-0.05, 0) is 31.9 Å². The van der Waals surface area contributed by atoms with Crippen LogP contribution in [0.3, 0.4) is 0 Å². The van der Waals surface area contributed by atoms with Crippen molar-refractivity contribution in [2.24, 2.45) is 5.92 Å². The van der Waals surface area contributed by atoms with E-state index in [0.29, 0.717) is 49.1 Å². The average Bonchev–Trinajstić information content (AvgIpc) is 3.57. The first kappa shape index (κ1) is 23.6. The van der Waals surface area contributed by atoms with Gasteiger partial charge in [-0.15, -0.1) is 11.3 Å². The van der Waals surface area contributed by atoms with Crippen LogP contribution in [-0.4, -0.2) is 56.0 Å². The normalized spacial score (nSPS) is 19.9. The van der Waals surface area contributed by atoms with Crippen LogP contribution in [0, 0.1) is 12.8 Å². The molecule has 4 aromatic rings. The third-order valence-electron chi connectivity index (χ3n) is 6.20. The number of furan rings is 1. The summed E-state index contributed by atoms with van der Waals surface area (Å²) in [7, 11) is 1.64. The quantitative estimate of drug-likeness (QED) is 0.273. The lowest BCUT2D eigenvalue weighted by molar-refractivity contribution is 0.0908. The maximum Gasteiger partial charge on any atom is 0.225 e. The van der Waals surface area contributed by atoms with E-state index in [1.54, 1.807) is 30.8 Å². The van der Waals surface area contributed by atoms with Gasteiger partial charge in [0.2, 0.25) is 5.95 Å². The summed E-state index contributed by atoms with van der Waals surface area (Å²) in [4.78, 5) is 18.1. The van der Waals surface area contributed by atoms with Gasteiger partial charge in [0, 0.05) is 42.6 Å². The minimum absolute atomic E-state index is 0.0404. The molecule has 0 radical (unpaired) electrons. The van der Waals surface area contributed by atoms with Crippen molar-refractivity contribution in [1.82, 2.24) is 19.9 Å². The Morgan fingerprint density at radius 1 is 1.23 bits per heavy atom. The number of aliphatic hydroxyl groups is 2. The summed E-state index contributed by atoms with van der Waals surface area (Å²) in [5.74, 6) is 1.55. The van der Waals surface area contributed by atoms with Crippen LogP contribution in [-0.2, 0) is 17.9 Å². The number of hydrogen-bond acceptors (Lipinski definition) is 11. The van der Waals surface area contributed by atoms with Crippen LogP contribution in [0.4, 0.5) is 11.8 Å². The Morgan fingerprint density at radius 3 is 2.86 bits per heavy atom. The minimum atomic E-state index is -0.553. The first-order valence-corrected chi connectivity index (χ1v) is 12.4. The first-order valence-electron chi connectivity index (χ1n) is 11.5. The molecule has 0 spiro atoms. The molecule has 0 unspecified atom stereocenters. The third-order valence-corrected chi connectivity index (χ3v) is 6.98. The second-order valence-electron chi connectivity index (χ2n) is 8.72. The zero-order chi connectivity index (χ0) is 24.4. The Hall–Kier alpha value is -3.12. The largest absolute Gasteiger partial charge is 0.454 e. The molecule has 4 N–H and O–H groups in total. The lowest BCUT2D eigenvalue weighted by Gasteiger charge is -2.18. The van der Waals surface area contributed by atoms with Crippen molar-refractivity contribution >= 4 is 34.1 Å². The molecule has 3 atom stereocenters. The second kappa shape index (κ2) is 10.2. The van der Waals surface area contributed by atoms with Crippen LogP contribution in [0.2, 0.25) is 0 Å². The average molecular weight is 497 g/mol. The van der Waals surface area contributed by atoms with Crippen LogP contribution >= 0.6 is 11.3 Å². The number of rotatable bonds is 9. The molecule has 0 bridgehead atoms. The van der Waals surface area contributed by atoms with Crippen molar-refractivity contribution in [2.45, 2.75) is 45.1 Å². The van der Waals surface area contributed by atoms with Crippen molar-refractivity contribution < 1.29 is 19.4 Å². The summed E-state index contributed by atoms with van der Waals surface area (Å²) in [6, 6.07) is 3.86. The molecule has 1 aliphatic carbocycles. The van der Waals surface area contributed by atoms with E-state index in [0.717, 1.165) is 27.3 Å². The molecule has 35 heavy (non-hydrogen) atoms. The molecule has 11 heteroatoms. The van der Waals surface area contributed by atoms with E-state index in [-0.39, 0.29) is 18.6 Å². The number of nitrogens with zero attached hydrogens (tertiary/aromatic N) is 4. The summed E-state index contributed by atoms with van der Waals surface area (Å²) in [6.45, 7) is 2.80. The summed E-state index contributed by atoms with van der Waals surface area (Å²) < 4.78 is 11.4. The standard InChI is InChI=1S/C24H28N6O4S/c1-13-22(19-7-14-5-17(12-33-2)26-9-20(14)34-19)23(29-16-6-15(11-31)18(32)8-16)30-24(28-13)27-10-21-25-3-4-35-21/h3-5,7,9,15-16,18,31-32H,6,8,10-12H2,1-2H3,(H2,27,28,29,30)/t15-,16-,18+/m1/s1. The fraction of sp³-hybridized carbons (Fsp3) is 0.417. The predicted octanol–water partition coefficient (Wildman–Crippen LogP) is 3.35. The lowest BCUT2D eigenvalue weighted by atomic mass is 10.1. The number of nitrogens with one attached hydrogen (secondary N) is 2. The van der Waals surface area contributed by atoms with E-state index in [4.69, 9.17) is 14.1 Å². The number of anilines is 2. The smallest absolute Gasteiger partial charge is 0.225 e. The summed E-state index contributed by atoms with van der Waals surface area (Å²) in [5.41, 5.74) is 2.96. The highest BCUT2D eigenvalue weighted by Gasteiger charge is 2.33. The Labute approximate surface area is 206 Å². The molecule has 4 aromatic heterocycles. The van der Waals surface area contributed by atoms with Gasteiger partial charge < -0.3 is 30.0 Å². The zero-order valence-corrected chi connectivity index (χ0v) is 20.4. The maximum atomic E-state index is 10.3. The number of hydrogen-bond donors (Lipinski definition) is 4. The lowest BCUT2D eigenvalue weighted by Crippen LogP contribution is -2.19. The summed E-state index contributed by atoms with van der Waals surface area (Å²) >= 11 is 1.56. The van der Waals surface area contributed by atoms with Crippen molar-refractivity contribution in [3.8, 4) is 11.3 Å². The molecule has 10 nitrogen and oxygen atoms in total. The van der Waals surface area contributed by atoms with Gasteiger partial charge in [-0.2, -0.15) is 4.98 Å². The van der Waals surface area contributed by atoms with Gasteiger partial charge in [0.15, 0.2) is 5.58 Å². The Kier molecular flexibility index (Phi) is 6.91. The van der Waals surface area contributed by atoms with Gasteiger partial charge in [-0.25, -0.2) is 9.97 Å². The number of fused-ring (bicyclic) bond motifs is 1. The third kappa shape index (κ3) is 5.13. The molecule has 0 saturated heterocycles. The van der Waals surface area contributed by atoms with Crippen LogP contribution in [0.15, 0.2) is 34.3 Å². The summed E-state index contributed by atoms with van der Waals surface area (Å²) in [5, 5.41) is 30.4. The molecule has 1 aliphatic rings. The highest BCUT2D eigenvalue weighted by molar-refractivity contribution is 7.09. The Balaban J connectivity index is 1.50. The van der Waals surface area contributed by atoms with E-state index in [1.165, 1.54) is 0 Å². The fourth-order valence-corrected chi connectivity index (χ4v) is 5.05. The van der Waals surface area contributed by atoms with E-state index in [9.17, 15) is 10.2 Å². The van der Waals surface area contributed by atoms with Crippen molar-refractivity contribution in [2.75, 3.05) is 24.4 Å². The molecule has 184 valence electrons. The van der Waals surface area contributed by atoms with Crippen molar-refractivity contribution in [3.05, 3.63) is 46.3 Å². The topological polar surface area (TPSA) is 138 Å². The molecular formula is C24H28N6O4S. The van der Waals surface area contributed by atoms with Crippen LogP contribution in [0.1, 0.15) is 29.2 Å². The van der Waals surface area contributed by atoms with Gasteiger partial charge in [-0.1, -0.05) is 0 Å². The monoisotopic (exact) mass is 496 g/mol. The molecule has 0 amide bonds. The molecule has 4 heterocycles. The Bertz CT molecular complexity index is 1290. The van der Waals surface area contributed by atoms with Crippen molar-refractivity contribution in [3.63, 3.8) is 0 Å². The SMILES string of the molecule is COCc1cc2cc(-c3c(C)nc(NCc4nccs4)nc3N[C@@H]3C[C@H](CO)[C@@H](O)C3)oc2cn1. The zero-order valence-electron chi connectivity index (χ0n) is 19.6. The number of pyridine rings is 1. The first-order chi connectivity index (χ1) is 17.0. The fourth-order valence-electron chi connectivity index (χ4n) is 4.50. The predicted molar refractivity (Wildman–Crippen MR) is 133 cm³/mol. The van der Waals surface area contributed by atoms with Gasteiger partial charge in [0.05, 0.1) is 42.4 Å². The highest BCUT2D eigenvalue weighted by atomic mass is 32.1. The van der Waals surface area contributed by atoms with E-state index >= 15 is 0 Å².